The third-order valence-corrected chi connectivity index (χ3v) is 3.99. The van der Waals surface area contributed by atoms with Crippen LogP contribution < -0.4 is 5.32 Å². The summed E-state index contributed by atoms with van der Waals surface area (Å²) in [6.07, 6.45) is 1.90. The van der Waals surface area contributed by atoms with Crippen molar-refractivity contribution in [3.63, 3.8) is 0 Å². The monoisotopic (exact) mass is 320 g/mol. The largest absolute Gasteiger partial charge is 0.466 e. The molecule has 0 saturated heterocycles. The molecule has 2 aromatic heterocycles. The minimum absolute atomic E-state index is 0.420. The quantitative estimate of drug-likeness (QED) is 0.686. The molecule has 3 heterocycles. The molecule has 0 radical (unpaired) electrons. The van der Waals surface area contributed by atoms with E-state index >= 15 is 0 Å². The molecule has 0 bridgehead atoms. The number of fused-ring (bicyclic) bond motifs is 1. The molecule has 22 heavy (non-hydrogen) atoms. The highest BCUT2D eigenvalue weighted by Gasteiger charge is 2.36. The summed E-state index contributed by atoms with van der Waals surface area (Å²) in [6, 6.07) is 3.20. The number of carbonyl (C=O) groups is 1. The SMILES string of the molecule is COC(=O)C1=C(C)Nc2nc(SC)nn2C1c1ccc(C)o1. The van der Waals surface area contributed by atoms with Gasteiger partial charge in [-0.25, -0.2) is 9.48 Å². The van der Waals surface area contributed by atoms with Crippen molar-refractivity contribution in [1.29, 1.82) is 0 Å². The highest BCUT2D eigenvalue weighted by Crippen LogP contribution is 2.36. The normalized spacial score (nSPS) is 17.2. The van der Waals surface area contributed by atoms with Crippen LogP contribution in [0.25, 0.3) is 0 Å². The summed E-state index contributed by atoms with van der Waals surface area (Å²) in [5, 5.41) is 8.16. The van der Waals surface area contributed by atoms with E-state index in [9.17, 15) is 4.79 Å². The van der Waals surface area contributed by atoms with Gasteiger partial charge in [-0.15, -0.1) is 5.10 Å². The second-order valence-electron chi connectivity index (χ2n) is 4.87. The van der Waals surface area contributed by atoms with E-state index in [1.807, 2.05) is 32.2 Å². The molecule has 0 aliphatic carbocycles. The molecular weight excluding hydrogens is 304 g/mol. The third-order valence-electron chi connectivity index (χ3n) is 3.45. The zero-order valence-electron chi connectivity index (χ0n) is 12.7. The van der Waals surface area contributed by atoms with E-state index in [1.165, 1.54) is 18.9 Å². The number of aromatic nitrogens is 3. The number of furan rings is 1. The molecule has 0 spiro atoms. The van der Waals surface area contributed by atoms with Gasteiger partial charge < -0.3 is 14.5 Å². The zero-order chi connectivity index (χ0) is 15.9. The van der Waals surface area contributed by atoms with Gasteiger partial charge in [-0.1, -0.05) is 11.8 Å². The van der Waals surface area contributed by atoms with Crippen molar-refractivity contribution in [2.24, 2.45) is 0 Å². The van der Waals surface area contributed by atoms with Gasteiger partial charge in [0, 0.05) is 5.70 Å². The maximum Gasteiger partial charge on any atom is 0.338 e. The molecule has 0 fully saturated rings. The van der Waals surface area contributed by atoms with E-state index in [2.05, 4.69) is 15.4 Å². The minimum atomic E-state index is -0.495. The van der Waals surface area contributed by atoms with Crippen LogP contribution in [0.4, 0.5) is 5.95 Å². The van der Waals surface area contributed by atoms with Gasteiger partial charge in [-0.05, 0) is 32.2 Å². The minimum Gasteiger partial charge on any atom is -0.466 e. The second kappa shape index (κ2) is 5.53. The lowest BCUT2D eigenvalue weighted by Crippen LogP contribution is -2.29. The van der Waals surface area contributed by atoms with Crippen LogP contribution in [-0.2, 0) is 9.53 Å². The first-order valence-corrected chi connectivity index (χ1v) is 7.90. The predicted octanol–water partition coefficient (Wildman–Crippen LogP) is 2.36. The summed E-state index contributed by atoms with van der Waals surface area (Å²) in [5.74, 6) is 1.55. The van der Waals surface area contributed by atoms with Crippen molar-refractivity contribution in [1.82, 2.24) is 14.8 Å². The van der Waals surface area contributed by atoms with Crippen molar-refractivity contribution in [3.05, 3.63) is 34.9 Å². The van der Waals surface area contributed by atoms with Crippen molar-refractivity contribution in [3.8, 4) is 0 Å². The molecule has 1 aliphatic rings. The molecule has 0 aromatic carbocycles. The van der Waals surface area contributed by atoms with Crippen molar-refractivity contribution < 1.29 is 13.9 Å². The van der Waals surface area contributed by atoms with Gasteiger partial charge in [0.15, 0.2) is 0 Å². The number of carbonyl (C=O) groups excluding carboxylic acids is 1. The first kappa shape index (κ1) is 14.7. The lowest BCUT2D eigenvalue weighted by molar-refractivity contribution is -0.136. The Hall–Kier alpha value is -2.22. The number of allylic oxidation sites excluding steroid dienone is 1. The summed E-state index contributed by atoms with van der Waals surface area (Å²) < 4.78 is 12.3. The summed E-state index contributed by atoms with van der Waals surface area (Å²) in [5.41, 5.74) is 1.14. The highest BCUT2D eigenvalue weighted by molar-refractivity contribution is 7.98. The Bertz CT molecular complexity index is 762. The van der Waals surface area contributed by atoms with Crippen LogP contribution in [0.1, 0.15) is 24.5 Å². The maximum atomic E-state index is 12.2. The number of anilines is 1. The van der Waals surface area contributed by atoms with E-state index in [1.54, 1.807) is 4.68 Å². The maximum absolute atomic E-state index is 12.2. The van der Waals surface area contributed by atoms with Crippen LogP contribution in [0.15, 0.2) is 33.0 Å². The Kier molecular flexibility index (Phi) is 3.69. The number of nitrogens with zero attached hydrogens (tertiary/aromatic N) is 3. The molecule has 1 aliphatic heterocycles. The Morgan fingerprint density at radius 1 is 1.45 bits per heavy atom. The molecule has 1 N–H and O–H groups in total. The van der Waals surface area contributed by atoms with E-state index < -0.39 is 12.0 Å². The average molecular weight is 320 g/mol. The number of esters is 1. The number of methoxy groups -OCH3 is 1. The summed E-state index contributed by atoms with van der Waals surface area (Å²) in [6.45, 7) is 3.67. The number of thioether (sulfide) groups is 1. The number of nitrogens with one attached hydrogen (secondary N) is 1. The van der Waals surface area contributed by atoms with Gasteiger partial charge in [-0.2, -0.15) is 4.98 Å². The standard InChI is InChI=1S/C14H16N4O3S/c1-7-5-6-9(21-7)11-10(12(19)20-3)8(2)15-13-16-14(22-4)17-18(11)13/h5-6,11H,1-4H3,(H,15,16,17). The first-order chi connectivity index (χ1) is 10.5. The number of rotatable bonds is 3. The van der Waals surface area contributed by atoms with Crippen LogP contribution in [-0.4, -0.2) is 34.1 Å². The number of aryl methyl sites for hydroxylation is 1. The van der Waals surface area contributed by atoms with Crippen LogP contribution >= 0.6 is 11.8 Å². The van der Waals surface area contributed by atoms with Crippen LogP contribution in [0, 0.1) is 6.92 Å². The molecule has 1 atom stereocenters. The topological polar surface area (TPSA) is 82.2 Å². The summed E-state index contributed by atoms with van der Waals surface area (Å²) >= 11 is 1.43. The van der Waals surface area contributed by atoms with Crippen molar-refractivity contribution in [2.45, 2.75) is 25.0 Å². The van der Waals surface area contributed by atoms with Gasteiger partial charge in [0.05, 0.1) is 12.7 Å². The molecule has 8 heteroatoms. The van der Waals surface area contributed by atoms with Crippen LogP contribution in [0.5, 0.6) is 0 Å². The molecule has 0 amide bonds. The lowest BCUT2D eigenvalue weighted by Gasteiger charge is -2.26. The fourth-order valence-corrected chi connectivity index (χ4v) is 2.80. The van der Waals surface area contributed by atoms with E-state index in [0.29, 0.717) is 28.1 Å². The van der Waals surface area contributed by atoms with E-state index in [-0.39, 0.29) is 0 Å². The molecule has 7 nitrogen and oxygen atoms in total. The highest BCUT2D eigenvalue weighted by atomic mass is 32.2. The van der Waals surface area contributed by atoms with Crippen molar-refractivity contribution in [2.75, 3.05) is 18.7 Å². The predicted molar refractivity (Wildman–Crippen MR) is 81.7 cm³/mol. The fourth-order valence-electron chi connectivity index (χ4n) is 2.46. The molecule has 116 valence electrons. The van der Waals surface area contributed by atoms with Gasteiger partial charge in [0.25, 0.3) is 0 Å². The molecule has 0 saturated carbocycles. The third kappa shape index (κ3) is 2.29. The first-order valence-electron chi connectivity index (χ1n) is 6.68. The Morgan fingerprint density at radius 2 is 2.23 bits per heavy atom. The van der Waals surface area contributed by atoms with Gasteiger partial charge in [0.2, 0.25) is 11.1 Å². The molecular formula is C14H16N4O3S. The van der Waals surface area contributed by atoms with E-state index in [4.69, 9.17) is 9.15 Å². The van der Waals surface area contributed by atoms with Gasteiger partial charge in [-0.3, -0.25) is 0 Å². The molecule has 2 aromatic rings. The second-order valence-corrected chi connectivity index (χ2v) is 5.65. The molecule has 3 rings (SSSR count). The number of hydrogen-bond donors (Lipinski definition) is 1. The smallest absolute Gasteiger partial charge is 0.338 e. The van der Waals surface area contributed by atoms with Gasteiger partial charge in [0.1, 0.15) is 17.6 Å². The Morgan fingerprint density at radius 3 is 2.82 bits per heavy atom. The van der Waals surface area contributed by atoms with Crippen LogP contribution in [0.3, 0.4) is 0 Å². The Balaban J connectivity index is 2.18. The molecule has 1 unspecified atom stereocenters. The number of hydrogen-bond acceptors (Lipinski definition) is 7. The van der Waals surface area contributed by atoms with Crippen molar-refractivity contribution >= 4 is 23.7 Å². The number of ether oxygens (including phenoxy) is 1. The summed E-state index contributed by atoms with van der Waals surface area (Å²) in [7, 11) is 1.36. The fraction of sp³-hybridized carbons (Fsp3) is 0.357. The van der Waals surface area contributed by atoms with Gasteiger partial charge >= 0.3 is 5.97 Å². The lowest BCUT2D eigenvalue weighted by atomic mass is 10.0. The van der Waals surface area contributed by atoms with E-state index in [0.717, 1.165) is 5.76 Å². The Labute approximate surface area is 131 Å². The zero-order valence-corrected chi connectivity index (χ0v) is 13.5. The van der Waals surface area contributed by atoms with Crippen LogP contribution in [0.2, 0.25) is 0 Å². The average Bonchev–Trinajstić information content (AvgIpc) is 3.10. The summed E-state index contributed by atoms with van der Waals surface area (Å²) in [4.78, 5) is 16.6.